The summed E-state index contributed by atoms with van der Waals surface area (Å²) in [5.41, 5.74) is 1.35. The van der Waals surface area contributed by atoms with Crippen LogP contribution in [0.5, 0.6) is 5.75 Å². The molecule has 0 bridgehead atoms. The van der Waals surface area contributed by atoms with Gasteiger partial charge in [0, 0.05) is 11.8 Å². The van der Waals surface area contributed by atoms with Gasteiger partial charge in [0.05, 0.1) is 25.4 Å². The Kier molecular flexibility index (Phi) is 6.74. The molecule has 8 heteroatoms. The van der Waals surface area contributed by atoms with Gasteiger partial charge in [-0.2, -0.15) is 0 Å². The Balaban J connectivity index is 1.91. The van der Waals surface area contributed by atoms with E-state index in [-0.39, 0.29) is 24.2 Å². The van der Waals surface area contributed by atoms with Crippen molar-refractivity contribution in [3.63, 3.8) is 0 Å². The molecule has 26 heavy (non-hydrogen) atoms. The second-order valence-electron chi connectivity index (χ2n) is 5.84. The van der Waals surface area contributed by atoms with Crippen molar-refractivity contribution in [3.8, 4) is 5.75 Å². The number of aromatic nitrogens is 1. The number of ether oxygens (including phenoxy) is 1. The van der Waals surface area contributed by atoms with Gasteiger partial charge in [0.25, 0.3) is 0 Å². The van der Waals surface area contributed by atoms with Gasteiger partial charge in [0.2, 0.25) is 17.7 Å². The van der Waals surface area contributed by atoms with Crippen molar-refractivity contribution in [2.75, 3.05) is 30.8 Å². The van der Waals surface area contributed by atoms with Crippen molar-refractivity contribution in [2.45, 2.75) is 26.8 Å². The van der Waals surface area contributed by atoms with Crippen molar-refractivity contribution in [2.24, 2.45) is 0 Å². The number of nitrogens with one attached hydrogen (secondary N) is 2. The molecule has 0 saturated carbocycles. The van der Waals surface area contributed by atoms with Gasteiger partial charge >= 0.3 is 0 Å². The van der Waals surface area contributed by atoms with Crippen LogP contribution in [0, 0.1) is 6.92 Å². The summed E-state index contributed by atoms with van der Waals surface area (Å²) in [5.74, 6) is 0.539. The van der Waals surface area contributed by atoms with E-state index in [1.807, 2.05) is 6.92 Å². The first kappa shape index (κ1) is 19.5. The van der Waals surface area contributed by atoms with Gasteiger partial charge in [-0.05, 0) is 44.7 Å². The van der Waals surface area contributed by atoms with Crippen LogP contribution in [0.1, 0.15) is 19.5 Å². The normalized spacial score (nSPS) is 11.9. The fourth-order valence-corrected chi connectivity index (χ4v) is 2.40. The molecule has 0 spiro atoms. The summed E-state index contributed by atoms with van der Waals surface area (Å²) in [4.78, 5) is 26.4. The largest absolute Gasteiger partial charge is 0.497 e. The van der Waals surface area contributed by atoms with Crippen molar-refractivity contribution in [1.29, 1.82) is 0 Å². The van der Waals surface area contributed by atoms with E-state index in [0.29, 0.717) is 23.7 Å². The fraction of sp³-hybridized carbons (Fsp3) is 0.389. The number of carbonyl (C=O) groups excluding carboxylic acids is 2. The number of rotatable bonds is 8. The Morgan fingerprint density at radius 2 is 1.96 bits per heavy atom. The second-order valence-corrected chi connectivity index (χ2v) is 5.84. The van der Waals surface area contributed by atoms with Crippen LogP contribution in [0.15, 0.2) is 34.9 Å². The maximum Gasteiger partial charge on any atom is 0.243 e. The van der Waals surface area contributed by atoms with E-state index in [9.17, 15) is 9.59 Å². The molecule has 8 nitrogen and oxygen atoms in total. The summed E-state index contributed by atoms with van der Waals surface area (Å²) in [7, 11) is 1.58. The third kappa shape index (κ3) is 5.32. The minimum absolute atomic E-state index is 0.0898. The molecule has 0 saturated heterocycles. The molecule has 1 unspecified atom stereocenters. The topological polar surface area (TPSA) is 96.7 Å². The maximum absolute atomic E-state index is 12.3. The lowest BCUT2D eigenvalue weighted by Gasteiger charge is -2.25. The quantitative estimate of drug-likeness (QED) is 0.750. The minimum atomic E-state index is -0.507. The van der Waals surface area contributed by atoms with E-state index < -0.39 is 6.04 Å². The Morgan fingerprint density at radius 3 is 2.50 bits per heavy atom. The molecular weight excluding hydrogens is 336 g/mol. The van der Waals surface area contributed by atoms with Gasteiger partial charge in [-0.1, -0.05) is 12.1 Å². The highest BCUT2D eigenvalue weighted by atomic mass is 16.5. The number of amides is 2. The molecule has 2 rings (SSSR count). The smallest absolute Gasteiger partial charge is 0.243 e. The van der Waals surface area contributed by atoms with E-state index in [2.05, 4.69) is 15.8 Å². The molecule has 2 amide bonds. The number of hydrogen-bond acceptors (Lipinski definition) is 6. The van der Waals surface area contributed by atoms with E-state index in [1.54, 1.807) is 56.2 Å². The highest BCUT2D eigenvalue weighted by Crippen LogP contribution is 2.15. The zero-order valence-corrected chi connectivity index (χ0v) is 15.4. The third-order valence-electron chi connectivity index (χ3n) is 3.93. The Labute approximate surface area is 152 Å². The number of likely N-dealkylation sites (N-methyl/N-ethyl adjacent to an activating group) is 1. The van der Waals surface area contributed by atoms with Gasteiger partial charge in [-0.15, -0.1) is 0 Å². The monoisotopic (exact) mass is 360 g/mol. The molecule has 1 aromatic heterocycles. The first-order chi connectivity index (χ1) is 12.4. The number of benzene rings is 1. The molecule has 140 valence electrons. The SMILES string of the molecule is CCN(CC(=O)Nc1ccc(OC)cc1)C(C)C(=O)Nc1cc(C)no1. The van der Waals surface area contributed by atoms with E-state index in [4.69, 9.17) is 9.26 Å². The zero-order valence-electron chi connectivity index (χ0n) is 15.4. The Morgan fingerprint density at radius 1 is 1.27 bits per heavy atom. The van der Waals surface area contributed by atoms with Crippen molar-refractivity contribution in [1.82, 2.24) is 10.1 Å². The molecule has 2 N–H and O–H groups in total. The Hall–Kier alpha value is -2.87. The number of methoxy groups -OCH3 is 1. The molecule has 0 fully saturated rings. The van der Waals surface area contributed by atoms with Crippen LogP contribution in [0.25, 0.3) is 0 Å². The number of anilines is 2. The van der Waals surface area contributed by atoms with E-state index in [1.165, 1.54) is 0 Å². The summed E-state index contributed by atoms with van der Waals surface area (Å²) in [6.45, 7) is 6.03. The average molecular weight is 360 g/mol. The standard InChI is InChI=1S/C18H24N4O4/c1-5-22(13(3)18(24)20-17-10-12(2)21-26-17)11-16(23)19-14-6-8-15(25-4)9-7-14/h6-10,13H,5,11H2,1-4H3,(H,19,23)(H,20,24). The van der Waals surface area contributed by atoms with E-state index in [0.717, 1.165) is 0 Å². The molecule has 2 aromatic rings. The molecule has 0 aliphatic rings. The van der Waals surface area contributed by atoms with Crippen molar-refractivity contribution in [3.05, 3.63) is 36.0 Å². The molecule has 0 aliphatic heterocycles. The first-order valence-electron chi connectivity index (χ1n) is 8.35. The van der Waals surface area contributed by atoms with Gasteiger partial charge in [0.1, 0.15) is 5.75 Å². The van der Waals surface area contributed by atoms with E-state index >= 15 is 0 Å². The van der Waals surface area contributed by atoms with Crippen molar-refractivity contribution < 1.29 is 18.8 Å². The summed E-state index contributed by atoms with van der Waals surface area (Å²) in [5, 5.41) is 9.19. The summed E-state index contributed by atoms with van der Waals surface area (Å²) < 4.78 is 10.1. The fourth-order valence-electron chi connectivity index (χ4n) is 2.40. The van der Waals surface area contributed by atoms with Crippen molar-refractivity contribution >= 4 is 23.4 Å². The van der Waals surface area contributed by atoms with Crippen LogP contribution in [0.2, 0.25) is 0 Å². The highest BCUT2D eigenvalue weighted by molar-refractivity contribution is 5.95. The second kappa shape index (κ2) is 9.00. The van der Waals surface area contributed by atoms with Gasteiger partial charge in [-0.25, -0.2) is 0 Å². The third-order valence-corrected chi connectivity index (χ3v) is 3.93. The van der Waals surface area contributed by atoms with Crippen LogP contribution < -0.4 is 15.4 Å². The van der Waals surface area contributed by atoms with Crippen LogP contribution in [0.3, 0.4) is 0 Å². The summed E-state index contributed by atoms with van der Waals surface area (Å²) >= 11 is 0. The predicted molar refractivity (Wildman–Crippen MR) is 98.2 cm³/mol. The molecular formula is C18H24N4O4. The first-order valence-corrected chi connectivity index (χ1v) is 8.35. The van der Waals surface area contributed by atoms with Gasteiger partial charge in [-0.3, -0.25) is 19.8 Å². The summed E-state index contributed by atoms with van der Waals surface area (Å²) in [6, 6.07) is 8.18. The number of aryl methyl sites for hydroxylation is 1. The number of hydrogen-bond donors (Lipinski definition) is 2. The van der Waals surface area contributed by atoms with Crippen LogP contribution in [0.4, 0.5) is 11.6 Å². The van der Waals surface area contributed by atoms with Gasteiger partial charge in [0.15, 0.2) is 0 Å². The molecule has 1 atom stereocenters. The highest BCUT2D eigenvalue weighted by Gasteiger charge is 2.23. The average Bonchev–Trinajstić information content (AvgIpc) is 3.04. The van der Waals surface area contributed by atoms with Crippen LogP contribution >= 0.6 is 0 Å². The lowest BCUT2D eigenvalue weighted by atomic mass is 10.2. The minimum Gasteiger partial charge on any atom is -0.497 e. The lowest BCUT2D eigenvalue weighted by Crippen LogP contribution is -2.45. The number of carbonyl (C=O) groups is 2. The van der Waals surface area contributed by atoms with Crippen LogP contribution in [-0.2, 0) is 9.59 Å². The Bertz CT molecular complexity index is 742. The molecule has 1 heterocycles. The predicted octanol–water partition coefficient (Wildman–Crippen LogP) is 2.28. The molecule has 0 aliphatic carbocycles. The lowest BCUT2D eigenvalue weighted by molar-refractivity contribution is -0.123. The number of nitrogens with zero attached hydrogens (tertiary/aromatic N) is 2. The molecule has 0 radical (unpaired) electrons. The molecule has 1 aromatic carbocycles. The van der Waals surface area contributed by atoms with Gasteiger partial charge < -0.3 is 14.6 Å². The summed E-state index contributed by atoms with van der Waals surface area (Å²) in [6.07, 6.45) is 0. The zero-order chi connectivity index (χ0) is 19.1. The maximum atomic E-state index is 12.3. The van der Waals surface area contributed by atoms with Crippen LogP contribution in [-0.4, -0.2) is 48.1 Å².